The first-order chi connectivity index (χ1) is 17.5. The minimum Gasteiger partial charge on any atom is -0.444 e. The molecule has 0 saturated carbocycles. The summed E-state index contributed by atoms with van der Waals surface area (Å²) in [5.74, 6) is -0.503. The molecule has 2 unspecified atom stereocenters. The van der Waals surface area contributed by atoms with Crippen LogP contribution in [0, 0.1) is 11.7 Å². The van der Waals surface area contributed by atoms with E-state index in [4.69, 9.17) is 16.3 Å². The molecule has 0 spiro atoms. The number of hydrogen-bond acceptors (Lipinski definition) is 7. The Kier molecular flexibility index (Phi) is 8.20. The molecule has 1 aromatic carbocycles. The fourth-order valence-corrected chi connectivity index (χ4v) is 4.74. The fourth-order valence-electron chi connectivity index (χ4n) is 4.50. The average molecular weight is 534 g/mol. The van der Waals surface area contributed by atoms with Crippen LogP contribution < -0.4 is 15.1 Å². The zero-order valence-corrected chi connectivity index (χ0v) is 22.0. The molecule has 2 N–H and O–H groups in total. The Balaban J connectivity index is 1.29. The van der Waals surface area contributed by atoms with Crippen molar-refractivity contribution in [2.45, 2.75) is 45.6 Å². The second kappa shape index (κ2) is 11.2. The molecule has 2 aliphatic heterocycles. The highest BCUT2D eigenvalue weighted by atomic mass is 35.5. The van der Waals surface area contributed by atoms with Gasteiger partial charge >= 0.3 is 6.09 Å². The minimum absolute atomic E-state index is 0.180. The van der Waals surface area contributed by atoms with Crippen molar-refractivity contribution in [1.29, 1.82) is 0 Å². The highest BCUT2D eigenvalue weighted by Crippen LogP contribution is 2.28. The molecule has 1 aromatic heterocycles. The smallest absolute Gasteiger partial charge is 0.410 e. The lowest BCUT2D eigenvalue weighted by Crippen LogP contribution is -2.50. The standard InChI is InChI=1S/C26H33ClFN5O4/c1-26(2,3)37-25(36)32-10-8-31(9-11-32)22-5-4-20(16-29-22)33-7-6-21(24(33)35)23(34)30-15-17-12-18(27)14-19(28)13-17/h4-5,12-14,16,21,23,30,34H,6-11,15H2,1-3H3. The lowest BCUT2D eigenvalue weighted by molar-refractivity contribution is -0.124. The molecule has 4 rings (SSSR count). The van der Waals surface area contributed by atoms with Crippen molar-refractivity contribution in [2.75, 3.05) is 42.5 Å². The number of rotatable bonds is 6. The zero-order chi connectivity index (χ0) is 26.7. The summed E-state index contributed by atoms with van der Waals surface area (Å²) in [6.07, 6.45) is 0.748. The Hall–Kier alpha value is -2.95. The van der Waals surface area contributed by atoms with Crippen molar-refractivity contribution in [2.24, 2.45) is 5.92 Å². The molecule has 0 radical (unpaired) electrons. The second-order valence-corrected chi connectivity index (χ2v) is 10.8. The van der Waals surface area contributed by atoms with Crippen LogP contribution in [0.15, 0.2) is 36.5 Å². The van der Waals surface area contributed by atoms with Crippen LogP contribution in [0.1, 0.15) is 32.8 Å². The molecule has 2 aliphatic rings. The van der Waals surface area contributed by atoms with Crippen LogP contribution in [-0.4, -0.2) is 71.5 Å². The molecule has 37 heavy (non-hydrogen) atoms. The number of aliphatic hydroxyl groups is 1. The molecule has 0 bridgehead atoms. The minimum atomic E-state index is -1.08. The van der Waals surface area contributed by atoms with E-state index in [1.165, 1.54) is 12.1 Å². The lowest BCUT2D eigenvalue weighted by atomic mass is 10.1. The molecule has 11 heteroatoms. The quantitative estimate of drug-likeness (QED) is 0.549. The van der Waals surface area contributed by atoms with E-state index in [0.717, 1.165) is 5.82 Å². The second-order valence-electron chi connectivity index (χ2n) is 10.3. The number of amides is 2. The number of carbonyl (C=O) groups excluding carboxylic acids is 2. The Morgan fingerprint density at radius 1 is 1.22 bits per heavy atom. The molecule has 3 heterocycles. The average Bonchev–Trinajstić information content (AvgIpc) is 3.22. The summed E-state index contributed by atoms with van der Waals surface area (Å²) >= 11 is 5.88. The number of aliphatic hydroxyl groups excluding tert-OH is 1. The van der Waals surface area contributed by atoms with E-state index in [-0.39, 0.29) is 23.6 Å². The number of nitrogens with zero attached hydrogens (tertiary/aromatic N) is 4. The molecule has 2 atom stereocenters. The molecule has 200 valence electrons. The van der Waals surface area contributed by atoms with Crippen LogP contribution >= 0.6 is 11.6 Å². The zero-order valence-electron chi connectivity index (χ0n) is 21.3. The third-order valence-electron chi connectivity index (χ3n) is 6.37. The number of piperazine rings is 1. The number of anilines is 2. The van der Waals surface area contributed by atoms with Crippen LogP contribution in [0.25, 0.3) is 0 Å². The third kappa shape index (κ3) is 6.88. The molecule has 2 fully saturated rings. The number of pyridine rings is 1. The van der Waals surface area contributed by atoms with Crippen molar-refractivity contribution < 1.29 is 23.8 Å². The first-order valence-corrected chi connectivity index (χ1v) is 12.7. The topological polar surface area (TPSA) is 98.2 Å². The summed E-state index contributed by atoms with van der Waals surface area (Å²) in [6.45, 7) is 8.52. The van der Waals surface area contributed by atoms with Gasteiger partial charge in [-0.15, -0.1) is 0 Å². The van der Waals surface area contributed by atoms with Gasteiger partial charge in [0, 0.05) is 44.3 Å². The van der Waals surface area contributed by atoms with Gasteiger partial charge in [-0.25, -0.2) is 14.2 Å². The van der Waals surface area contributed by atoms with E-state index in [9.17, 15) is 19.1 Å². The number of carbonyl (C=O) groups is 2. The highest BCUT2D eigenvalue weighted by molar-refractivity contribution is 6.30. The molecular formula is C26H33ClFN5O4. The molecule has 2 saturated heterocycles. The third-order valence-corrected chi connectivity index (χ3v) is 6.58. The monoisotopic (exact) mass is 533 g/mol. The van der Waals surface area contributed by atoms with Gasteiger partial charge in [0.1, 0.15) is 23.5 Å². The van der Waals surface area contributed by atoms with E-state index in [2.05, 4.69) is 15.2 Å². The SMILES string of the molecule is CC(C)(C)OC(=O)N1CCN(c2ccc(N3CCC(C(O)NCc4cc(F)cc(Cl)c4)C3=O)cn2)CC1. The lowest BCUT2D eigenvalue weighted by Gasteiger charge is -2.36. The van der Waals surface area contributed by atoms with Crippen LogP contribution in [0.2, 0.25) is 5.02 Å². The summed E-state index contributed by atoms with van der Waals surface area (Å²) in [6, 6.07) is 7.86. The van der Waals surface area contributed by atoms with E-state index >= 15 is 0 Å². The Morgan fingerprint density at radius 2 is 1.95 bits per heavy atom. The molecule has 2 aromatic rings. The first kappa shape index (κ1) is 27.1. The number of nitrogens with one attached hydrogen (secondary N) is 1. The van der Waals surface area contributed by atoms with E-state index in [1.807, 2.05) is 32.9 Å². The summed E-state index contributed by atoms with van der Waals surface area (Å²) in [4.78, 5) is 35.2. The van der Waals surface area contributed by atoms with E-state index in [1.54, 1.807) is 22.1 Å². The van der Waals surface area contributed by atoms with Gasteiger partial charge < -0.3 is 24.5 Å². The van der Waals surface area contributed by atoms with Crippen molar-refractivity contribution in [3.05, 3.63) is 52.9 Å². The van der Waals surface area contributed by atoms with Crippen LogP contribution in [0.3, 0.4) is 0 Å². The normalized spacial score (nSPS) is 19.4. The number of benzene rings is 1. The maximum Gasteiger partial charge on any atom is 0.410 e. The van der Waals surface area contributed by atoms with Gasteiger partial charge in [-0.1, -0.05) is 11.6 Å². The summed E-state index contributed by atoms with van der Waals surface area (Å²) in [7, 11) is 0. The maximum atomic E-state index is 13.5. The van der Waals surface area contributed by atoms with Crippen molar-refractivity contribution in [1.82, 2.24) is 15.2 Å². The molecule has 2 amide bonds. The predicted octanol–water partition coefficient (Wildman–Crippen LogP) is 3.39. The van der Waals surface area contributed by atoms with Crippen LogP contribution in [0.5, 0.6) is 0 Å². The molecular weight excluding hydrogens is 501 g/mol. The van der Waals surface area contributed by atoms with E-state index < -0.39 is 23.6 Å². The Bertz CT molecular complexity index is 1100. The summed E-state index contributed by atoms with van der Waals surface area (Å²) < 4.78 is 19.0. The van der Waals surface area contributed by atoms with Gasteiger partial charge in [0.15, 0.2) is 0 Å². The Morgan fingerprint density at radius 3 is 2.57 bits per heavy atom. The Labute approximate surface area is 221 Å². The van der Waals surface area contributed by atoms with Gasteiger partial charge in [0.25, 0.3) is 0 Å². The van der Waals surface area contributed by atoms with Gasteiger partial charge in [0.2, 0.25) is 5.91 Å². The number of halogens is 2. The predicted molar refractivity (Wildman–Crippen MR) is 139 cm³/mol. The van der Waals surface area contributed by atoms with Crippen molar-refractivity contribution >= 4 is 35.1 Å². The number of hydrogen-bond donors (Lipinski definition) is 2. The van der Waals surface area contributed by atoms with E-state index in [0.29, 0.717) is 50.4 Å². The molecule has 0 aliphatic carbocycles. The fraction of sp³-hybridized carbons (Fsp3) is 0.500. The van der Waals surface area contributed by atoms with Crippen molar-refractivity contribution in [3.63, 3.8) is 0 Å². The maximum absolute atomic E-state index is 13.5. The van der Waals surface area contributed by atoms with Crippen LogP contribution in [-0.2, 0) is 16.1 Å². The van der Waals surface area contributed by atoms with Crippen molar-refractivity contribution in [3.8, 4) is 0 Å². The highest BCUT2D eigenvalue weighted by Gasteiger charge is 2.37. The van der Waals surface area contributed by atoms with Gasteiger partial charge in [0.05, 0.1) is 17.8 Å². The van der Waals surface area contributed by atoms with Gasteiger partial charge in [-0.3, -0.25) is 10.1 Å². The summed E-state index contributed by atoms with van der Waals surface area (Å²) in [5.41, 5.74) is 0.713. The van der Waals surface area contributed by atoms with Gasteiger partial charge in [-0.2, -0.15) is 0 Å². The number of ether oxygens (including phenoxy) is 1. The first-order valence-electron chi connectivity index (χ1n) is 12.4. The largest absolute Gasteiger partial charge is 0.444 e. The van der Waals surface area contributed by atoms with Gasteiger partial charge in [-0.05, 0) is 63.1 Å². The molecule has 9 nitrogen and oxygen atoms in total. The van der Waals surface area contributed by atoms with Crippen LogP contribution in [0.4, 0.5) is 20.7 Å². The summed E-state index contributed by atoms with van der Waals surface area (Å²) in [5, 5.41) is 13.7. The number of aromatic nitrogens is 1.